The average Bonchev–Trinajstić information content (AvgIpc) is 2.57. The maximum absolute atomic E-state index is 13.9. The molecule has 0 unspecified atom stereocenters. The summed E-state index contributed by atoms with van der Waals surface area (Å²) >= 11 is 5.72. The Kier molecular flexibility index (Phi) is 4.55. The quantitative estimate of drug-likeness (QED) is 0.768. The van der Waals surface area contributed by atoms with Crippen LogP contribution in [0, 0.1) is 5.82 Å². The third-order valence-electron chi connectivity index (χ3n) is 3.71. The molecule has 3 aromatic rings. The van der Waals surface area contributed by atoms with Gasteiger partial charge in [-0.05, 0) is 38.1 Å². The summed E-state index contributed by atoms with van der Waals surface area (Å²) in [6.45, 7) is 3.59. The maximum Gasteiger partial charge on any atom is 0.276 e. The molecule has 0 aliphatic heterocycles. The highest BCUT2D eigenvalue weighted by molar-refractivity contribution is 6.30. The molecule has 7 heteroatoms. The van der Waals surface area contributed by atoms with Gasteiger partial charge >= 0.3 is 0 Å². The van der Waals surface area contributed by atoms with Crippen LogP contribution >= 0.6 is 11.6 Å². The molecule has 0 aliphatic rings. The molecule has 0 atom stereocenters. The fraction of sp³-hybridized carbons (Fsp3) is 0.167. The molecule has 1 heterocycles. The van der Waals surface area contributed by atoms with Crippen LogP contribution in [0.15, 0.2) is 47.3 Å². The molecule has 0 bridgehead atoms. The SMILES string of the molecule is CC(C)n1nc(C(=O)Nc2ccc(Cl)cc2F)c2ccccc2c1=O. The maximum atomic E-state index is 13.9. The molecule has 2 aromatic carbocycles. The number of anilines is 1. The highest BCUT2D eigenvalue weighted by Crippen LogP contribution is 2.21. The fourth-order valence-electron chi connectivity index (χ4n) is 2.50. The van der Waals surface area contributed by atoms with E-state index in [4.69, 9.17) is 11.6 Å². The minimum absolute atomic E-state index is 0.0115. The lowest BCUT2D eigenvalue weighted by molar-refractivity contribution is 0.102. The Balaban J connectivity index is 2.12. The number of carbonyl (C=O) groups excluding carboxylic acids is 1. The van der Waals surface area contributed by atoms with Crippen LogP contribution in [0.1, 0.15) is 30.4 Å². The lowest BCUT2D eigenvalue weighted by atomic mass is 10.1. The van der Waals surface area contributed by atoms with Gasteiger partial charge in [0.2, 0.25) is 0 Å². The molecule has 0 radical (unpaired) electrons. The first-order valence-corrected chi connectivity index (χ1v) is 8.04. The molecule has 0 fully saturated rings. The Morgan fingerprint density at radius 3 is 2.52 bits per heavy atom. The second kappa shape index (κ2) is 6.64. The van der Waals surface area contributed by atoms with E-state index < -0.39 is 11.7 Å². The molecular weight excluding hydrogens is 345 g/mol. The van der Waals surface area contributed by atoms with E-state index >= 15 is 0 Å². The largest absolute Gasteiger partial charge is 0.318 e. The van der Waals surface area contributed by atoms with E-state index in [2.05, 4.69) is 10.4 Å². The molecule has 0 saturated carbocycles. The summed E-state index contributed by atoms with van der Waals surface area (Å²) in [6.07, 6.45) is 0. The lowest BCUT2D eigenvalue weighted by Crippen LogP contribution is -2.29. The van der Waals surface area contributed by atoms with Crippen LogP contribution in [0.5, 0.6) is 0 Å². The summed E-state index contributed by atoms with van der Waals surface area (Å²) in [6, 6.07) is 10.4. The Morgan fingerprint density at radius 1 is 1.20 bits per heavy atom. The number of nitrogens with one attached hydrogen (secondary N) is 1. The monoisotopic (exact) mass is 359 g/mol. The predicted molar refractivity (Wildman–Crippen MR) is 95.8 cm³/mol. The van der Waals surface area contributed by atoms with Crippen molar-refractivity contribution < 1.29 is 9.18 Å². The number of halogens is 2. The number of benzene rings is 2. The van der Waals surface area contributed by atoms with E-state index in [-0.39, 0.29) is 28.0 Å². The number of fused-ring (bicyclic) bond motifs is 1. The molecule has 5 nitrogen and oxygen atoms in total. The number of carbonyl (C=O) groups is 1. The second-order valence-electron chi connectivity index (χ2n) is 5.82. The van der Waals surface area contributed by atoms with E-state index in [1.807, 2.05) is 0 Å². The van der Waals surface area contributed by atoms with Crippen LogP contribution in [0.25, 0.3) is 10.8 Å². The second-order valence-corrected chi connectivity index (χ2v) is 6.25. The van der Waals surface area contributed by atoms with E-state index in [0.717, 1.165) is 6.07 Å². The van der Waals surface area contributed by atoms with Gasteiger partial charge in [0.05, 0.1) is 17.1 Å². The van der Waals surface area contributed by atoms with E-state index in [1.54, 1.807) is 38.1 Å². The molecular formula is C18H15ClFN3O2. The minimum atomic E-state index is -0.651. The molecule has 0 spiro atoms. The number of hydrogen-bond donors (Lipinski definition) is 1. The van der Waals surface area contributed by atoms with Gasteiger partial charge in [0.1, 0.15) is 5.82 Å². The lowest BCUT2D eigenvalue weighted by Gasteiger charge is -2.13. The molecule has 128 valence electrons. The third-order valence-corrected chi connectivity index (χ3v) is 3.95. The molecule has 1 N–H and O–H groups in total. The highest BCUT2D eigenvalue weighted by atomic mass is 35.5. The summed E-state index contributed by atoms with van der Waals surface area (Å²) in [5.41, 5.74) is -0.236. The topological polar surface area (TPSA) is 64.0 Å². The fourth-order valence-corrected chi connectivity index (χ4v) is 2.66. The van der Waals surface area contributed by atoms with E-state index in [1.165, 1.54) is 16.8 Å². The Morgan fingerprint density at radius 2 is 1.88 bits per heavy atom. The van der Waals surface area contributed by atoms with Crippen molar-refractivity contribution in [2.45, 2.75) is 19.9 Å². The number of amides is 1. The first-order valence-electron chi connectivity index (χ1n) is 7.66. The molecule has 1 aromatic heterocycles. The van der Waals surface area contributed by atoms with Crippen molar-refractivity contribution in [2.75, 3.05) is 5.32 Å². The average molecular weight is 360 g/mol. The van der Waals surface area contributed by atoms with Crippen LogP contribution in [-0.2, 0) is 0 Å². The number of hydrogen-bond acceptors (Lipinski definition) is 3. The summed E-state index contributed by atoms with van der Waals surface area (Å²) in [7, 11) is 0. The predicted octanol–water partition coefficient (Wildman–Crippen LogP) is 4.02. The van der Waals surface area contributed by atoms with Crippen LogP contribution < -0.4 is 10.9 Å². The number of rotatable bonds is 3. The summed E-state index contributed by atoms with van der Waals surface area (Å²) in [5.74, 6) is -1.26. The van der Waals surface area contributed by atoms with Crippen molar-refractivity contribution in [1.29, 1.82) is 0 Å². The van der Waals surface area contributed by atoms with E-state index in [0.29, 0.717) is 10.8 Å². The van der Waals surface area contributed by atoms with Gasteiger partial charge in [-0.3, -0.25) is 9.59 Å². The van der Waals surface area contributed by atoms with Crippen molar-refractivity contribution >= 4 is 34.0 Å². The number of aromatic nitrogens is 2. The summed E-state index contributed by atoms with van der Waals surface area (Å²) in [4.78, 5) is 25.2. The summed E-state index contributed by atoms with van der Waals surface area (Å²) < 4.78 is 15.2. The van der Waals surface area contributed by atoms with Crippen molar-refractivity contribution in [3.8, 4) is 0 Å². The molecule has 0 aliphatic carbocycles. The highest BCUT2D eigenvalue weighted by Gasteiger charge is 2.19. The Hall–Kier alpha value is -2.73. The first-order chi connectivity index (χ1) is 11.9. The molecule has 25 heavy (non-hydrogen) atoms. The van der Waals surface area contributed by atoms with Gasteiger partial charge in [0.15, 0.2) is 5.69 Å². The standard InChI is InChI=1S/C18H15ClFN3O2/c1-10(2)23-18(25)13-6-4-3-5-12(13)16(22-23)17(24)21-15-8-7-11(19)9-14(15)20/h3-10H,1-2H3,(H,21,24). The zero-order chi connectivity index (χ0) is 18.1. The first kappa shape index (κ1) is 17.1. The van der Waals surface area contributed by atoms with Crippen LogP contribution in [0.4, 0.5) is 10.1 Å². The smallest absolute Gasteiger partial charge is 0.276 e. The normalized spacial score (nSPS) is 11.1. The minimum Gasteiger partial charge on any atom is -0.318 e. The van der Waals surface area contributed by atoms with Gasteiger partial charge in [-0.15, -0.1) is 0 Å². The van der Waals surface area contributed by atoms with Gasteiger partial charge < -0.3 is 5.32 Å². The van der Waals surface area contributed by atoms with Crippen LogP contribution in [0.2, 0.25) is 5.02 Å². The van der Waals surface area contributed by atoms with Crippen molar-refractivity contribution in [1.82, 2.24) is 9.78 Å². The van der Waals surface area contributed by atoms with Gasteiger partial charge in [-0.2, -0.15) is 5.10 Å². The van der Waals surface area contributed by atoms with Crippen LogP contribution in [-0.4, -0.2) is 15.7 Å². The van der Waals surface area contributed by atoms with Gasteiger partial charge in [-0.1, -0.05) is 29.8 Å². The number of nitrogens with zero attached hydrogens (tertiary/aromatic N) is 2. The zero-order valence-electron chi connectivity index (χ0n) is 13.6. The molecule has 0 saturated heterocycles. The van der Waals surface area contributed by atoms with E-state index in [9.17, 15) is 14.0 Å². The van der Waals surface area contributed by atoms with Crippen molar-refractivity contribution in [2.24, 2.45) is 0 Å². The summed E-state index contributed by atoms with van der Waals surface area (Å²) in [5, 5.41) is 7.69. The van der Waals surface area contributed by atoms with Crippen molar-refractivity contribution in [3.05, 3.63) is 69.4 Å². The van der Waals surface area contributed by atoms with Gasteiger partial charge in [-0.25, -0.2) is 9.07 Å². The van der Waals surface area contributed by atoms with Gasteiger partial charge in [0.25, 0.3) is 11.5 Å². The molecule has 3 rings (SSSR count). The third kappa shape index (κ3) is 3.25. The van der Waals surface area contributed by atoms with Gasteiger partial charge in [0, 0.05) is 10.4 Å². The van der Waals surface area contributed by atoms with Crippen LogP contribution in [0.3, 0.4) is 0 Å². The Bertz CT molecular complexity index is 1030. The molecule has 1 amide bonds. The Labute approximate surface area is 148 Å². The zero-order valence-corrected chi connectivity index (χ0v) is 14.3. The van der Waals surface area contributed by atoms with Crippen molar-refractivity contribution in [3.63, 3.8) is 0 Å².